The van der Waals surface area contributed by atoms with Gasteiger partial charge in [0.1, 0.15) is 6.61 Å². The predicted molar refractivity (Wildman–Crippen MR) is 117 cm³/mol. The van der Waals surface area contributed by atoms with Gasteiger partial charge in [-0.1, -0.05) is 75.4 Å². The summed E-state index contributed by atoms with van der Waals surface area (Å²) in [4.78, 5) is 27.8. The third kappa shape index (κ3) is 4.28. The van der Waals surface area contributed by atoms with Gasteiger partial charge in [-0.3, -0.25) is 4.79 Å². The fourth-order valence-corrected chi connectivity index (χ4v) is 4.85. The molecular formula is C26H31NO3. The van der Waals surface area contributed by atoms with Gasteiger partial charge in [-0.25, -0.2) is 4.79 Å². The van der Waals surface area contributed by atoms with E-state index in [-0.39, 0.29) is 41.9 Å². The van der Waals surface area contributed by atoms with Gasteiger partial charge in [0.15, 0.2) is 5.78 Å². The van der Waals surface area contributed by atoms with Crippen molar-refractivity contribution in [2.75, 3.05) is 0 Å². The van der Waals surface area contributed by atoms with Gasteiger partial charge in [-0.05, 0) is 42.2 Å². The van der Waals surface area contributed by atoms with Crippen molar-refractivity contribution in [2.24, 2.45) is 5.92 Å². The van der Waals surface area contributed by atoms with Gasteiger partial charge in [-0.2, -0.15) is 0 Å². The number of carbonyl (C=O) groups excluding carboxylic acids is 2. The van der Waals surface area contributed by atoms with Crippen LogP contribution in [0.5, 0.6) is 0 Å². The van der Waals surface area contributed by atoms with Crippen molar-refractivity contribution in [3.63, 3.8) is 0 Å². The van der Waals surface area contributed by atoms with Crippen molar-refractivity contribution in [3.05, 3.63) is 71.3 Å². The van der Waals surface area contributed by atoms with Gasteiger partial charge in [0, 0.05) is 23.6 Å². The number of rotatable bonds is 4. The number of Topliss-reactive ketones (excluding diaryl/α,β-unsaturated/α-hetero) is 1. The van der Waals surface area contributed by atoms with Crippen molar-refractivity contribution in [3.8, 4) is 0 Å². The number of amides is 1. The Bertz CT molecular complexity index is 884. The molecule has 0 aromatic heterocycles. The van der Waals surface area contributed by atoms with Gasteiger partial charge in [-0.15, -0.1) is 0 Å². The van der Waals surface area contributed by atoms with Crippen molar-refractivity contribution in [1.29, 1.82) is 0 Å². The lowest BCUT2D eigenvalue weighted by Gasteiger charge is -2.37. The normalized spacial score (nSPS) is 23.3. The summed E-state index contributed by atoms with van der Waals surface area (Å²) >= 11 is 0. The Morgan fingerprint density at radius 2 is 1.53 bits per heavy atom. The monoisotopic (exact) mass is 405 g/mol. The number of nitrogens with zero attached hydrogens (tertiary/aromatic N) is 1. The molecule has 30 heavy (non-hydrogen) atoms. The minimum Gasteiger partial charge on any atom is -0.445 e. The Morgan fingerprint density at radius 1 is 0.933 bits per heavy atom. The molecule has 0 N–H and O–H groups in total. The first-order valence-electron chi connectivity index (χ1n) is 11.0. The first-order valence-corrected chi connectivity index (χ1v) is 11.0. The number of fused-ring (bicyclic) bond motifs is 2. The molecule has 2 saturated heterocycles. The molecule has 4 rings (SSSR count). The van der Waals surface area contributed by atoms with Gasteiger partial charge < -0.3 is 9.64 Å². The second-order valence-corrected chi connectivity index (χ2v) is 9.69. The molecule has 2 fully saturated rings. The molecule has 2 aromatic carbocycles. The summed E-state index contributed by atoms with van der Waals surface area (Å²) in [5.74, 6) is 0.200. The number of hydrogen-bond donors (Lipinski definition) is 0. The molecule has 1 amide bonds. The first kappa shape index (κ1) is 20.6. The molecule has 4 nitrogen and oxygen atoms in total. The van der Waals surface area contributed by atoms with E-state index < -0.39 is 0 Å². The zero-order valence-corrected chi connectivity index (χ0v) is 18.1. The van der Waals surface area contributed by atoms with E-state index in [4.69, 9.17) is 4.74 Å². The van der Waals surface area contributed by atoms with E-state index >= 15 is 0 Å². The smallest absolute Gasteiger partial charge is 0.410 e. The number of hydrogen-bond acceptors (Lipinski definition) is 3. The zero-order chi connectivity index (χ0) is 21.3. The van der Waals surface area contributed by atoms with Crippen molar-refractivity contribution >= 4 is 11.9 Å². The summed E-state index contributed by atoms with van der Waals surface area (Å²) in [7, 11) is 0. The summed E-state index contributed by atoms with van der Waals surface area (Å²) in [6.45, 7) is 6.81. The number of ether oxygens (including phenoxy) is 1. The molecular weight excluding hydrogens is 374 g/mol. The van der Waals surface area contributed by atoms with E-state index in [9.17, 15) is 9.59 Å². The van der Waals surface area contributed by atoms with Crippen LogP contribution in [0.2, 0.25) is 0 Å². The lowest BCUT2D eigenvalue weighted by molar-refractivity contribution is 0.0485. The third-order valence-electron chi connectivity index (χ3n) is 6.56. The molecule has 4 heteroatoms. The molecule has 0 aliphatic carbocycles. The quantitative estimate of drug-likeness (QED) is 0.609. The van der Waals surface area contributed by atoms with Crippen LogP contribution >= 0.6 is 0 Å². The Labute approximate surface area is 179 Å². The molecule has 2 atom stereocenters. The molecule has 2 aromatic rings. The SMILES string of the molecule is CC(C)(C)c1ccc(C(=O)C2CC3CCC(C2)N3C(=O)OCc2ccccc2)cc1. The molecule has 2 unspecified atom stereocenters. The summed E-state index contributed by atoms with van der Waals surface area (Å²) in [6, 6.07) is 18.0. The molecule has 2 aliphatic rings. The van der Waals surface area contributed by atoms with Crippen LogP contribution in [0.3, 0.4) is 0 Å². The molecule has 2 aliphatic heterocycles. The van der Waals surface area contributed by atoms with Gasteiger partial charge in [0.25, 0.3) is 0 Å². The van der Waals surface area contributed by atoms with E-state index in [1.165, 1.54) is 5.56 Å². The highest BCUT2D eigenvalue weighted by Crippen LogP contribution is 2.40. The Kier molecular flexibility index (Phi) is 5.68. The van der Waals surface area contributed by atoms with Crippen LogP contribution in [0.15, 0.2) is 54.6 Å². The average molecular weight is 406 g/mol. The molecule has 2 bridgehead atoms. The highest BCUT2D eigenvalue weighted by molar-refractivity contribution is 5.98. The zero-order valence-electron chi connectivity index (χ0n) is 18.1. The molecule has 2 heterocycles. The second-order valence-electron chi connectivity index (χ2n) is 9.69. The Morgan fingerprint density at radius 3 is 2.10 bits per heavy atom. The topological polar surface area (TPSA) is 46.6 Å². The predicted octanol–water partition coefficient (Wildman–Crippen LogP) is 5.75. The third-order valence-corrected chi connectivity index (χ3v) is 6.56. The number of benzene rings is 2. The largest absolute Gasteiger partial charge is 0.445 e. The highest BCUT2D eigenvalue weighted by atomic mass is 16.6. The van der Waals surface area contributed by atoms with Crippen molar-refractivity contribution < 1.29 is 14.3 Å². The summed E-state index contributed by atoms with van der Waals surface area (Å²) in [6.07, 6.45) is 3.13. The standard InChI is InChI=1S/C26H31NO3/c1-26(2,3)21-11-9-19(10-12-21)24(28)20-15-22-13-14-23(16-20)27(22)25(29)30-17-18-7-5-4-6-8-18/h4-12,20,22-23H,13-17H2,1-3H3. The van der Waals surface area contributed by atoms with Crippen LogP contribution in [0.4, 0.5) is 4.79 Å². The summed E-state index contributed by atoms with van der Waals surface area (Å²) < 4.78 is 5.58. The second kappa shape index (κ2) is 8.25. The maximum Gasteiger partial charge on any atom is 0.410 e. The van der Waals surface area contributed by atoms with E-state index in [0.29, 0.717) is 0 Å². The van der Waals surface area contributed by atoms with Gasteiger partial charge in [0.05, 0.1) is 0 Å². The Hall–Kier alpha value is -2.62. The maximum absolute atomic E-state index is 13.1. The maximum atomic E-state index is 13.1. The molecule has 158 valence electrons. The van der Waals surface area contributed by atoms with Crippen LogP contribution in [-0.4, -0.2) is 28.9 Å². The fourth-order valence-electron chi connectivity index (χ4n) is 4.85. The van der Waals surface area contributed by atoms with Crippen LogP contribution in [0.1, 0.15) is 67.9 Å². The van der Waals surface area contributed by atoms with Crippen molar-refractivity contribution in [2.45, 2.75) is 70.6 Å². The lowest BCUT2D eigenvalue weighted by Crippen LogP contribution is -2.48. The van der Waals surface area contributed by atoms with E-state index in [0.717, 1.165) is 36.8 Å². The molecule has 0 spiro atoms. The number of piperidine rings is 1. The molecule has 0 saturated carbocycles. The number of carbonyl (C=O) groups is 2. The van der Waals surface area contributed by atoms with E-state index in [1.807, 2.05) is 47.4 Å². The van der Waals surface area contributed by atoms with Crippen molar-refractivity contribution in [1.82, 2.24) is 4.90 Å². The summed E-state index contributed by atoms with van der Waals surface area (Å²) in [5.41, 5.74) is 3.08. The van der Waals surface area contributed by atoms with Crippen LogP contribution in [0, 0.1) is 5.92 Å². The van der Waals surface area contributed by atoms with Crippen LogP contribution in [0.25, 0.3) is 0 Å². The van der Waals surface area contributed by atoms with Crippen LogP contribution in [-0.2, 0) is 16.8 Å². The fraction of sp³-hybridized carbons (Fsp3) is 0.462. The average Bonchev–Trinajstić information content (AvgIpc) is 3.01. The number of ketones is 1. The van der Waals surface area contributed by atoms with Gasteiger partial charge >= 0.3 is 6.09 Å². The first-order chi connectivity index (χ1) is 14.3. The van der Waals surface area contributed by atoms with E-state index in [1.54, 1.807) is 0 Å². The summed E-state index contributed by atoms with van der Waals surface area (Å²) in [5, 5.41) is 0. The van der Waals surface area contributed by atoms with Gasteiger partial charge in [0.2, 0.25) is 0 Å². The highest BCUT2D eigenvalue weighted by Gasteiger charge is 2.45. The minimum absolute atomic E-state index is 0.0128. The van der Waals surface area contributed by atoms with Crippen LogP contribution < -0.4 is 0 Å². The lowest BCUT2D eigenvalue weighted by atomic mass is 9.83. The molecule has 0 radical (unpaired) electrons. The Balaban J connectivity index is 1.38. The minimum atomic E-state index is -0.244. The van der Waals surface area contributed by atoms with E-state index in [2.05, 4.69) is 32.9 Å².